The van der Waals surface area contributed by atoms with Crippen molar-refractivity contribution in [1.29, 1.82) is 0 Å². The van der Waals surface area contributed by atoms with Crippen LogP contribution in [-0.4, -0.2) is 12.7 Å². The lowest BCUT2D eigenvalue weighted by Gasteiger charge is -2.28. The second-order valence-electron chi connectivity index (χ2n) is 6.20. The van der Waals surface area contributed by atoms with Gasteiger partial charge in [0.2, 0.25) is 5.60 Å². The van der Waals surface area contributed by atoms with Crippen molar-refractivity contribution in [3.8, 4) is 0 Å². The Morgan fingerprint density at radius 2 is 1.77 bits per heavy atom. The lowest BCUT2D eigenvalue weighted by molar-refractivity contribution is -0.269. The molecule has 1 atom stereocenters. The number of anilines is 1. The van der Waals surface area contributed by atoms with Crippen LogP contribution in [0.3, 0.4) is 0 Å². The number of rotatable bonds is 2. The van der Waals surface area contributed by atoms with Crippen LogP contribution in [0.5, 0.6) is 0 Å². The molecule has 2 aliphatic heterocycles. The highest BCUT2D eigenvalue weighted by Crippen LogP contribution is 2.48. The molecule has 2 aromatic rings. The summed E-state index contributed by atoms with van der Waals surface area (Å²) in [6.07, 6.45) is -2.86. The van der Waals surface area contributed by atoms with Gasteiger partial charge in [0.15, 0.2) is 0 Å². The van der Waals surface area contributed by atoms with Crippen LogP contribution < -0.4 is 10.8 Å². The van der Waals surface area contributed by atoms with Crippen molar-refractivity contribution in [2.45, 2.75) is 18.2 Å². The standard InChI is InChI=1S/C18H13Cl2F3N2O/c19-13-6-12(7-14(20)8-13)17(18(21,22)23)9-16(25-26-17)10-1-2-15-11(5-10)3-4-24-15/h1-2,5-9,24-25H,3-4H2. The van der Waals surface area contributed by atoms with E-state index >= 15 is 0 Å². The minimum Gasteiger partial charge on any atom is -0.384 e. The molecule has 136 valence electrons. The fraction of sp³-hybridized carbons (Fsp3) is 0.222. The van der Waals surface area contributed by atoms with Gasteiger partial charge in [-0.1, -0.05) is 29.3 Å². The van der Waals surface area contributed by atoms with Gasteiger partial charge in [-0.3, -0.25) is 10.3 Å². The molecule has 1 unspecified atom stereocenters. The lowest BCUT2D eigenvalue weighted by atomic mass is 9.91. The van der Waals surface area contributed by atoms with Crippen LogP contribution >= 0.6 is 23.2 Å². The molecule has 0 bridgehead atoms. The molecule has 0 aromatic heterocycles. The molecule has 26 heavy (non-hydrogen) atoms. The van der Waals surface area contributed by atoms with Crippen LogP contribution in [-0.2, 0) is 16.9 Å². The Balaban J connectivity index is 1.82. The van der Waals surface area contributed by atoms with Gasteiger partial charge < -0.3 is 5.32 Å². The Labute approximate surface area is 157 Å². The molecule has 0 amide bonds. The van der Waals surface area contributed by atoms with E-state index in [-0.39, 0.29) is 21.3 Å². The monoisotopic (exact) mass is 400 g/mol. The Morgan fingerprint density at radius 3 is 2.46 bits per heavy atom. The van der Waals surface area contributed by atoms with Crippen LogP contribution in [0.1, 0.15) is 16.7 Å². The summed E-state index contributed by atoms with van der Waals surface area (Å²) in [5, 5.41) is 3.42. The van der Waals surface area contributed by atoms with Crippen LogP contribution in [0, 0.1) is 0 Å². The molecule has 2 aliphatic rings. The van der Waals surface area contributed by atoms with E-state index in [1.54, 1.807) is 6.07 Å². The predicted octanol–water partition coefficient (Wildman–Crippen LogP) is 5.29. The van der Waals surface area contributed by atoms with E-state index in [2.05, 4.69) is 10.8 Å². The minimum atomic E-state index is -4.71. The molecular weight excluding hydrogens is 388 g/mol. The molecule has 0 saturated carbocycles. The number of fused-ring (bicyclic) bond motifs is 1. The molecule has 0 saturated heterocycles. The van der Waals surface area contributed by atoms with E-state index in [4.69, 9.17) is 28.0 Å². The molecule has 8 heteroatoms. The first kappa shape index (κ1) is 17.5. The first-order valence-electron chi connectivity index (χ1n) is 7.86. The number of alkyl halides is 3. The van der Waals surface area contributed by atoms with E-state index in [0.717, 1.165) is 30.3 Å². The normalized spacial score (nSPS) is 21.8. The number of nitrogens with one attached hydrogen (secondary N) is 2. The van der Waals surface area contributed by atoms with Gasteiger partial charge in [0, 0.05) is 33.4 Å². The number of hydroxylamine groups is 1. The van der Waals surface area contributed by atoms with Gasteiger partial charge in [-0.15, -0.1) is 0 Å². The van der Waals surface area contributed by atoms with Crippen molar-refractivity contribution in [3.63, 3.8) is 0 Å². The second-order valence-corrected chi connectivity index (χ2v) is 7.08. The molecule has 0 radical (unpaired) electrons. The Bertz CT molecular complexity index is 894. The van der Waals surface area contributed by atoms with Gasteiger partial charge in [-0.25, -0.2) is 0 Å². The summed E-state index contributed by atoms with van der Waals surface area (Å²) in [6.45, 7) is 0.815. The Morgan fingerprint density at radius 1 is 1.04 bits per heavy atom. The zero-order valence-corrected chi connectivity index (χ0v) is 14.8. The Kier molecular flexibility index (Phi) is 4.10. The zero-order chi connectivity index (χ0) is 18.5. The van der Waals surface area contributed by atoms with Crippen LogP contribution in [0.2, 0.25) is 10.0 Å². The number of benzene rings is 2. The fourth-order valence-electron chi connectivity index (χ4n) is 3.23. The number of hydrogen-bond acceptors (Lipinski definition) is 3. The molecule has 3 nitrogen and oxygen atoms in total. The third-order valence-electron chi connectivity index (χ3n) is 4.51. The molecule has 0 aliphatic carbocycles. The third-order valence-corrected chi connectivity index (χ3v) is 4.94. The van der Waals surface area contributed by atoms with E-state index < -0.39 is 11.8 Å². The van der Waals surface area contributed by atoms with Gasteiger partial charge >= 0.3 is 6.18 Å². The van der Waals surface area contributed by atoms with E-state index in [0.29, 0.717) is 5.56 Å². The first-order chi connectivity index (χ1) is 12.3. The van der Waals surface area contributed by atoms with Crippen LogP contribution in [0.4, 0.5) is 18.9 Å². The van der Waals surface area contributed by atoms with Gasteiger partial charge in [-0.05, 0) is 48.4 Å². The van der Waals surface area contributed by atoms with Crippen molar-refractivity contribution in [3.05, 3.63) is 69.2 Å². The first-order valence-corrected chi connectivity index (χ1v) is 8.61. The third kappa shape index (κ3) is 2.82. The van der Waals surface area contributed by atoms with Crippen LogP contribution in [0.25, 0.3) is 5.70 Å². The molecule has 4 rings (SSSR count). The molecule has 0 fully saturated rings. The highest BCUT2D eigenvalue weighted by molar-refractivity contribution is 6.34. The summed E-state index contributed by atoms with van der Waals surface area (Å²) < 4.78 is 41.9. The van der Waals surface area contributed by atoms with E-state index in [1.807, 2.05) is 12.1 Å². The quantitative estimate of drug-likeness (QED) is 0.717. The average molecular weight is 401 g/mol. The SMILES string of the molecule is FC(F)(F)C1(c2cc(Cl)cc(Cl)c2)C=C(c2ccc3c(c2)CCN3)NO1. The highest BCUT2D eigenvalue weighted by atomic mass is 35.5. The number of hydrogen-bond donors (Lipinski definition) is 2. The lowest BCUT2D eigenvalue weighted by Crippen LogP contribution is -2.42. The summed E-state index contributed by atoms with van der Waals surface area (Å²) >= 11 is 11.8. The van der Waals surface area contributed by atoms with Gasteiger partial charge in [0.1, 0.15) is 0 Å². The number of halogens is 5. The highest BCUT2D eigenvalue weighted by Gasteiger charge is 2.59. The summed E-state index contributed by atoms with van der Waals surface area (Å²) in [4.78, 5) is 5.09. The maximum absolute atomic E-state index is 14.0. The molecule has 0 spiro atoms. The Hall–Kier alpha value is -1.89. The smallest absolute Gasteiger partial charge is 0.384 e. The van der Waals surface area contributed by atoms with Crippen molar-refractivity contribution < 1.29 is 18.0 Å². The van der Waals surface area contributed by atoms with Crippen molar-refractivity contribution >= 4 is 34.6 Å². The largest absolute Gasteiger partial charge is 0.428 e. The van der Waals surface area contributed by atoms with Crippen LogP contribution in [0.15, 0.2) is 42.5 Å². The molecule has 2 heterocycles. The zero-order valence-electron chi connectivity index (χ0n) is 13.3. The predicted molar refractivity (Wildman–Crippen MR) is 95.0 cm³/mol. The fourth-order valence-corrected chi connectivity index (χ4v) is 3.75. The average Bonchev–Trinajstić information content (AvgIpc) is 3.20. The molecular formula is C18H13Cl2F3N2O. The maximum Gasteiger partial charge on any atom is 0.428 e. The van der Waals surface area contributed by atoms with Crippen molar-refractivity contribution in [2.75, 3.05) is 11.9 Å². The van der Waals surface area contributed by atoms with Gasteiger partial charge in [0.05, 0.1) is 5.70 Å². The van der Waals surface area contributed by atoms with E-state index in [1.165, 1.54) is 18.2 Å². The molecule has 2 N–H and O–H groups in total. The van der Waals surface area contributed by atoms with Gasteiger partial charge in [-0.2, -0.15) is 13.2 Å². The summed E-state index contributed by atoms with van der Waals surface area (Å²) in [5.74, 6) is 0. The second kappa shape index (κ2) is 6.08. The van der Waals surface area contributed by atoms with Crippen molar-refractivity contribution in [1.82, 2.24) is 5.48 Å². The summed E-state index contributed by atoms with van der Waals surface area (Å²) in [7, 11) is 0. The summed E-state index contributed by atoms with van der Waals surface area (Å²) in [6, 6.07) is 9.23. The van der Waals surface area contributed by atoms with Crippen molar-refractivity contribution in [2.24, 2.45) is 0 Å². The van der Waals surface area contributed by atoms with E-state index in [9.17, 15) is 13.2 Å². The minimum absolute atomic E-state index is 0.102. The molecule has 2 aromatic carbocycles. The topological polar surface area (TPSA) is 33.3 Å². The summed E-state index contributed by atoms with van der Waals surface area (Å²) in [5.41, 5.74) is 2.49. The maximum atomic E-state index is 14.0. The van der Waals surface area contributed by atoms with Gasteiger partial charge in [0.25, 0.3) is 0 Å².